The summed E-state index contributed by atoms with van der Waals surface area (Å²) in [6.07, 6.45) is -0.584. The second-order valence-electron chi connectivity index (χ2n) is 5.61. The number of hydrogen-bond acceptors (Lipinski definition) is 4. The second kappa shape index (κ2) is 5.04. The van der Waals surface area contributed by atoms with Crippen molar-refractivity contribution in [3.63, 3.8) is 0 Å². The number of carbonyl (C=O) groups is 2. The quantitative estimate of drug-likeness (QED) is 0.791. The molecule has 2 atom stereocenters. The van der Waals surface area contributed by atoms with E-state index >= 15 is 0 Å². The highest BCUT2D eigenvalue weighted by Gasteiger charge is 2.36. The van der Waals surface area contributed by atoms with Gasteiger partial charge < -0.3 is 14.7 Å². The highest BCUT2D eigenvalue weighted by molar-refractivity contribution is 5.89. The van der Waals surface area contributed by atoms with E-state index in [9.17, 15) is 14.7 Å². The Morgan fingerprint density at radius 1 is 1.59 bits per heavy atom. The van der Waals surface area contributed by atoms with Crippen molar-refractivity contribution >= 4 is 11.9 Å². The number of likely N-dealkylation sites (tertiary alicyclic amines) is 1. The van der Waals surface area contributed by atoms with Gasteiger partial charge in [-0.15, -0.1) is 0 Å². The van der Waals surface area contributed by atoms with Crippen LogP contribution >= 0.6 is 0 Å². The molecule has 1 N–H and O–H groups in total. The molecule has 5 heteroatoms. The molecule has 0 radical (unpaired) electrons. The van der Waals surface area contributed by atoms with Crippen molar-refractivity contribution in [2.75, 3.05) is 13.1 Å². The molecule has 1 amide bonds. The van der Waals surface area contributed by atoms with Gasteiger partial charge in [0.2, 0.25) is 0 Å². The summed E-state index contributed by atoms with van der Waals surface area (Å²) in [4.78, 5) is 24.8. The van der Waals surface area contributed by atoms with Crippen LogP contribution in [0, 0.1) is 5.92 Å². The molecule has 0 aromatic heterocycles. The summed E-state index contributed by atoms with van der Waals surface area (Å²) in [5.41, 5.74) is -0.553. The number of ketones is 1. The number of aliphatic hydroxyl groups excluding tert-OH is 1. The fraction of sp³-hybridized carbons (Fsp3) is 0.833. The molecule has 0 aliphatic carbocycles. The number of ether oxygens (including phenoxy) is 1. The second-order valence-corrected chi connectivity index (χ2v) is 5.61. The third-order valence-electron chi connectivity index (χ3n) is 2.52. The van der Waals surface area contributed by atoms with E-state index in [1.54, 1.807) is 27.7 Å². The molecule has 5 nitrogen and oxygen atoms in total. The Kier molecular flexibility index (Phi) is 4.14. The first-order chi connectivity index (χ1) is 7.69. The van der Waals surface area contributed by atoms with Gasteiger partial charge in [0.1, 0.15) is 5.60 Å². The van der Waals surface area contributed by atoms with E-state index in [1.165, 1.54) is 4.90 Å². The number of nitrogens with zero attached hydrogens (tertiary/aromatic N) is 1. The molecule has 17 heavy (non-hydrogen) atoms. The number of Topliss-reactive ketones (excluding diaryl/α,β-unsaturated/α-hetero) is 1. The van der Waals surface area contributed by atoms with Crippen LogP contribution in [0.25, 0.3) is 0 Å². The van der Waals surface area contributed by atoms with Gasteiger partial charge in [-0.05, 0) is 34.1 Å². The lowest BCUT2D eigenvalue weighted by atomic mass is 10.0. The first kappa shape index (κ1) is 14.0. The van der Waals surface area contributed by atoms with Gasteiger partial charge in [0.25, 0.3) is 0 Å². The van der Waals surface area contributed by atoms with Gasteiger partial charge in [-0.25, -0.2) is 4.79 Å². The summed E-state index contributed by atoms with van der Waals surface area (Å²) in [5.74, 6) is -0.265. The van der Waals surface area contributed by atoms with Crippen molar-refractivity contribution in [3.8, 4) is 0 Å². The maximum absolute atomic E-state index is 11.7. The zero-order chi connectivity index (χ0) is 13.2. The number of amides is 1. The van der Waals surface area contributed by atoms with Crippen LogP contribution in [0.4, 0.5) is 4.79 Å². The third kappa shape index (κ3) is 4.34. The molecule has 2 unspecified atom stereocenters. The van der Waals surface area contributed by atoms with Gasteiger partial charge in [0, 0.05) is 12.5 Å². The van der Waals surface area contributed by atoms with Crippen molar-refractivity contribution < 1.29 is 19.4 Å². The van der Waals surface area contributed by atoms with Crippen LogP contribution in [0.1, 0.15) is 34.1 Å². The van der Waals surface area contributed by atoms with Gasteiger partial charge in [-0.3, -0.25) is 4.79 Å². The average molecular weight is 243 g/mol. The smallest absolute Gasteiger partial charge is 0.410 e. The van der Waals surface area contributed by atoms with Crippen molar-refractivity contribution in [1.82, 2.24) is 4.90 Å². The van der Waals surface area contributed by atoms with Crippen LogP contribution < -0.4 is 0 Å². The normalized spacial score (nSPS) is 22.8. The summed E-state index contributed by atoms with van der Waals surface area (Å²) in [5, 5.41) is 9.25. The van der Waals surface area contributed by atoms with Gasteiger partial charge in [0.05, 0.1) is 12.6 Å². The summed E-state index contributed by atoms with van der Waals surface area (Å²) in [7, 11) is 0. The summed E-state index contributed by atoms with van der Waals surface area (Å²) >= 11 is 0. The zero-order valence-electron chi connectivity index (χ0n) is 10.9. The fourth-order valence-corrected chi connectivity index (χ4v) is 1.83. The van der Waals surface area contributed by atoms with E-state index in [0.29, 0.717) is 13.0 Å². The molecule has 0 aromatic rings. The molecule has 98 valence electrons. The molecule has 1 saturated heterocycles. The van der Waals surface area contributed by atoms with Crippen molar-refractivity contribution in [1.29, 1.82) is 0 Å². The van der Waals surface area contributed by atoms with E-state index < -0.39 is 17.8 Å². The van der Waals surface area contributed by atoms with E-state index in [0.717, 1.165) is 0 Å². The molecule has 1 rings (SSSR count). The van der Waals surface area contributed by atoms with Crippen LogP contribution in [-0.2, 0) is 9.53 Å². The topological polar surface area (TPSA) is 66.8 Å². The maximum Gasteiger partial charge on any atom is 0.410 e. The maximum atomic E-state index is 11.7. The number of rotatable bonds is 2. The van der Waals surface area contributed by atoms with E-state index in [2.05, 4.69) is 0 Å². The van der Waals surface area contributed by atoms with E-state index in [4.69, 9.17) is 4.74 Å². The standard InChI is InChI=1S/C12H21NO4/c1-8(14)5-9-6-13(7-10(9)15)11(16)17-12(2,3)4/h8-9,14H,5-7H2,1-4H3. The zero-order valence-corrected chi connectivity index (χ0v) is 10.9. The van der Waals surface area contributed by atoms with Crippen LogP contribution in [0.2, 0.25) is 0 Å². The molecule has 0 aromatic carbocycles. The Bertz CT molecular complexity index is 306. The number of carbonyl (C=O) groups excluding carboxylic acids is 2. The predicted molar refractivity (Wildman–Crippen MR) is 62.6 cm³/mol. The molecule has 0 bridgehead atoms. The molecule has 1 fully saturated rings. The monoisotopic (exact) mass is 243 g/mol. The van der Waals surface area contributed by atoms with Crippen molar-refractivity contribution in [2.45, 2.75) is 45.8 Å². The van der Waals surface area contributed by atoms with Gasteiger partial charge in [-0.1, -0.05) is 0 Å². The number of hydrogen-bond donors (Lipinski definition) is 1. The Balaban J connectivity index is 2.54. The van der Waals surface area contributed by atoms with Crippen LogP contribution in [0.15, 0.2) is 0 Å². The Hall–Kier alpha value is -1.10. The van der Waals surface area contributed by atoms with Gasteiger partial charge >= 0.3 is 6.09 Å². The minimum absolute atomic E-state index is 0.00300. The first-order valence-corrected chi connectivity index (χ1v) is 5.88. The SMILES string of the molecule is CC(O)CC1CN(C(=O)OC(C)(C)C)CC1=O. The molecule has 1 aliphatic rings. The van der Waals surface area contributed by atoms with E-state index in [1.807, 2.05) is 0 Å². The summed E-state index contributed by atoms with van der Waals surface area (Å²) in [6.45, 7) is 7.44. The Morgan fingerprint density at radius 2 is 2.18 bits per heavy atom. The van der Waals surface area contributed by atoms with Gasteiger partial charge in [-0.2, -0.15) is 0 Å². The highest BCUT2D eigenvalue weighted by atomic mass is 16.6. The fourth-order valence-electron chi connectivity index (χ4n) is 1.83. The largest absolute Gasteiger partial charge is 0.444 e. The lowest BCUT2D eigenvalue weighted by molar-refractivity contribution is -0.120. The Morgan fingerprint density at radius 3 is 2.65 bits per heavy atom. The number of aliphatic hydroxyl groups is 1. The van der Waals surface area contributed by atoms with Crippen LogP contribution in [0.3, 0.4) is 0 Å². The van der Waals surface area contributed by atoms with Crippen LogP contribution in [-0.4, -0.2) is 46.7 Å². The third-order valence-corrected chi connectivity index (χ3v) is 2.52. The lowest BCUT2D eigenvalue weighted by Gasteiger charge is -2.24. The van der Waals surface area contributed by atoms with Crippen molar-refractivity contribution in [3.05, 3.63) is 0 Å². The average Bonchev–Trinajstić information content (AvgIpc) is 2.44. The summed E-state index contributed by atoms with van der Waals surface area (Å²) < 4.78 is 5.20. The lowest BCUT2D eigenvalue weighted by Crippen LogP contribution is -2.35. The minimum atomic E-state index is -0.553. The van der Waals surface area contributed by atoms with E-state index in [-0.39, 0.29) is 18.2 Å². The highest BCUT2D eigenvalue weighted by Crippen LogP contribution is 2.20. The molecular formula is C12H21NO4. The van der Waals surface area contributed by atoms with Crippen LogP contribution in [0.5, 0.6) is 0 Å². The molecule has 0 saturated carbocycles. The van der Waals surface area contributed by atoms with Gasteiger partial charge in [0.15, 0.2) is 5.78 Å². The molecule has 0 spiro atoms. The Labute approximate surface area is 102 Å². The molecule has 1 heterocycles. The van der Waals surface area contributed by atoms with Crippen molar-refractivity contribution in [2.24, 2.45) is 5.92 Å². The molecule has 1 aliphatic heterocycles. The summed E-state index contributed by atoms with van der Waals surface area (Å²) in [6, 6.07) is 0. The molecular weight excluding hydrogens is 222 g/mol. The minimum Gasteiger partial charge on any atom is -0.444 e. The predicted octanol–water partition coefficient (Wildman–Crippen LogP) is 1.19. The first-order valence-electron chi connectivity index (χ1n) is 5.88.